The molecule has 1 aromatic heterocycles. The number of hydrogen-bond acceptors (Lipinski definition) is 4. The zero-order valence-electron chi connectivity index (χ0n) is 15.7. The molecular formula is C20H24N4O4. The summed E-state index contributed by atoms with van der Waals surface area (Å²) in [6.07, 6.45) is 5.52. The van der Waals surface area contributed by atoms with E-state index in [4.69, 9.17) is 5.11 Å². The highest BCUT2D eigenvalue weighted by Crippen LogP contribution is 2.30. The Morgan fingerprint density at radius 1 is 1.07 bits per heavy atom. The third-order valence-corrected chi connectivity index (χ3v) is 5.15. The van der Waals surface area contributed by atoms with Gasteiger partial charge >= 0.3 is 5.97 Å². The second-order valence-electron chi connectivity index (χ2n) is 7.11. The molecule has 1 saturated carbocycles. The molecule has 1 aliphatic carbocycles. The molecule has 0 bridgehead atoms. The van der Waals surface area contributed by atoms with Gasteiger partial charge in [-0.15, -0.1) is 0 Å². The second kappa shape index (κ2) is 8.69. The first kappa shape index (κ1) is 19.6. The normalized spacial score (nSPS) is 20.2. The van der Waals surface area contributed by atoms with E-state index in [1.54, 1.807) is 54.3 Å². The number of carboxylic acid groups (broad SMARTS) is 1. The van der Waals surface area contributed by atoms with E-state index in [1.807, 2.05) is 0 Å². The fourth-order valence-electron chi connectivity index (χ4n) is 3.40. The van der Waals surface area contributed by atoms with Crippen LogP contribution in [0.1, 0.15) is 38.6 Å². The number of carboxylic acids is 1. The van der Waals surface area contributed by atoms with Gasteiger partial charge < -0.3 is 15.7 Å². The first-order valence-electron chi connectivity index (χ1n) is 9.37. The van der Waals surface area contributed by atoms with Crippen LogP contribution in [0.5, 0.6) is 0 Å². The smallest absolute Gasteiger partial charge is 0.306 e. The van der Waals surface area contributed by atoms with Crippen LogP contribution in [0.2, 0.25) is 0 Å². The van der Waals surface area contributed by atoms with E-state index in [0.717, 1.165) is 0 Å². The standard InChI is InChI=1S/C20H24N4O4/c1-13(24-11-3-10-21-24)18(25)22-16-4-2-5-17(12-16)23-19(26)14-6-8-15(9-7-14)20(27)28/h2-5,10-15H,6-9H2,1H3,(H,22,25)(H,23,26)(H,27,28). The van der Waals surface area contributed by atoms with Crippen molar-refractivity contribution in [1.82, 2.24) is 9.78 Å². The molecule has 1 atom stereocenters. The fraction of sp³-hybridized carbons (Fsp3) is 0.400. The van der Waals surface area contributed by atoms with E-state index < -0.39 is 12.0 Å². The molecule has 8 heteroatoms. The van der Waals surface area contributed by atoms with Crippen molar-refractivity contribution < 1.29 is 19.5 Å². The van der Waals surface area contributed by atoms with Crippen LogP contribution in [0.25, 0.3) is 0 Å². The lowest BCUT2D eigenvalue weighted by atomic mass is 9.81. The highest BCUT2D eigenvalue weighted by Gasteiger charge is 2.29. The molecule has 1 fully saturated rings. The number of rotatable bonds is 6. The number of benzene rings is 1. The minimum absolute atomic E-state index is 0.114. The van der Waals surface area contributed by atoms with E-state index in [9.17, 15) is 14.4 Å². The molecule has 3 rings (SSSR count). The zero-order valence-corrected chi connectivity index (χ0v) is 15.7. The van der Waals surface area contributed by atoms with Gasteiger partial charge in [0.25, 0.3) is 0 Å². The molecule has 0 aliphatic heterocycles. The van der Waals surface area contributed by atoms with Crippen molar-refractivity contribution in [2.75, 3.05) is 10.6 Å². The summed E-state index contributed by atoms with van der Waals surface area (Å²) in [6.45, 7) is 1.75. The highest BCUT2D eigenvalue weighted by molar-refractivity contribution is 5.96. The Bertz CT molecular complexity index is 842. The highest BCUT2D eigenvalue weighted by atomic mass is 16.4. The summed E-state index contributed by atoms with van der Waals surface area (Å²) in [5.41, 5.74) is 1.17. The van der Waals surface area contributed by atoms with Gasteiger partial charge in [-0.3, -0.25) is 19.1 Å². The monoisotopic (exact) mass is 384 g/mol. The number of carbonyl (C=O) groups is 3. The predicted octanol–water partition coefficient (Wildman–Crippen LogP) is 2.91. The number of anilines is 2. The Labute approximate surface area is 162 Å². The van der Waals surface area contributed by atoms with Crippen molar-refractivity contribution in [3.05, 3.63) is 42.7 Å². The molecule has 1 aliphatic rings. The molecule has 0 radical (unpaired) electrons. The Morgan fingerprint density at radius 3 is 2.32 bits per heavy atom. The second-order valence-corrected chi connectivity index (χ2v) is 7.11. The zero-order chi connectivity index (χ0) is 20.1. The predicted molar refractivity (Wildman–Crippen MR) is 104 cm³/mol. The van der Waals surface area contributed by atoms with Crippen LogP contribution in [0.15, 0.2) is 42.7 Å². The number of nitrogens with zero attached hydrogens (tertiary/aromatic N) is 2. The summed E-state index contributed by atoms with van der Waals surface area (Å²) in [5.74, 6) is -1.64. The van der Waals surface area contributed by atoms with Crippen molar-refractivity contribution in [2.45, 2.75) is 38.6 Å². The number of carbonyl (C=O) groups excluding carboxylic acids is 2. The average Bonchev–Trinajstić information content (AvgIpc) is 3.22. The van der Waals surface area contributed by atoms with E-state index in [1.165, 1.54) is 0 Å². The molecule has 3 N–H and O–H groups in total. The van der Waals surface area contributed by atoms with Gasteiger partial charge in [-0.05, 0) is 56.9 Å². The molecule has 148 valence electrons. The van der Waals surface area contributed by atoms with Crippen LogP contribution in [0, 0.1) is 11.8 Å². The van der Waals surface area contributed by atoms with Crippen LogP contribution in [0.4, 0.5) is 11.4 Å². The van der Waals surface area contributed by atoms with Gasteiger partial charge in [0.15, 0.2) is 0 Å². The summed E-state index contributed by atoms with van der Waals surface area (Å²) < 4.78 is 1.56. The minimum atomic E-state index is -0.786. The first-order valence-corrected chi connectivity index (χ1v) is 9.37. The molecule has 1 heterocycles. The summed E-state index contributed by atoms with van der Waals surface area (Å²) in [4.78, 5) is 35.9. The third kappa shape index (κ3) is 4.76. The molecule has 0 saturated heterocycles. The molecular weight excluding hydrogens is 360 g/mol. The number of amides is 2. The van der Waals surface area contributed by atoms with Crippen molar-refractivity contribution >= 4 is 29.2 Å². The lowest BCUT2D eigenvalue weighted by molar-refractivity contribution is -0.143. The maximum Gasteiger partial charge on any atom is 0.306 e. The van der Waals surface area contributed by atoms with E-state index in [0.29, 0.717) is 37.1 Å². The Balaban J connectivity index is 1.57. The third-order valence-electron chi connectivity index (χ3n) is 5.15. The Hall–Kier alpha value is -3.16. The van der Waals surface area contributed by atoms with Crippen LogP contribution < -0.4 is 10.6 Å². The van der Waals surface area contributed by atoms with Gasteiger partial charge in [0.1, 0.15) is 6.04 Å². The fourth-order valence-corrected chi connectivity index (χ4v) is 3.40. The quantitative estimate of drug-likeness (QED) is 0.709. The maximum absolute atomic E-state index is 12.5. The van der Waals surface area contributed by atoms with Crippen LogP contribution in [0.3, 0.4) is 0 Å². The van der Waals surface area contributed by atoms with Crippen molar-refractivity contribution in [3.63, 3.8) is 0 Å². The largest absolute Gasteiger partial charge is 0.481 e. The van der Waals surface area contributed by atoms with Gasteiger partial charge in [-0.25, -0.2) is 0 Å². The lowest BCUT2D eigenvalue weighted by Gasteiger charge is -2.25. The van der Waals surface area contributed by atoms with Crippen LogP contribution in [-0.2, 0) is 14.4 Å². The molecule has 1 unspecified atom stereocenters. The lowest BCUT2D eigenvalue weighted by Crippen LogP contribution is -2.29. The number of hydrogen-bond donors (Lipinski definition) is 3. The van der Waals surface area contributed by atoms with E-state index in [2.05, 4.69) is 15.7 Å². The average molecular weight is 384 g/mol. The molecule has 2 aromatic rings. The minimum Gasteiger partial charge on any atom is -0.481 e. The summed E-state index contributed by atoms with van der Waals surface area (Å²) in [6, 6.07) is 8.26. The Morgan fingerprint density at radius 2 is 1.71 bits per heavy atom. The van der Waals surface area contributed by atoms with Crippen molar-refractivity contribution in [2.24, 2.45) is 11.8 Å². The SMILES string of the molecule is CC(C(=O)Nc1cccc(NC(=O)C2CCC(C(=O)O)CC2)c1)n1cccn1. The van der Waals surface area contributed by atoms with Gasteiger partial charge in [0, 0.05) is 29.7 Å². The number of aliphatic carboxylic acids is 1. The summed E-state index contributed by atoms with van der Waals surface area (Å²) in [5, 5.41) is 18.8. The van der Waals surface area contributed by atoms with Gasteiger partial charge in [-0.2, -0.15) is 5.10 Å². The molecule has 0 spiro atoms. The van der Waals surface area contributed by atoms with Crippen LogP contribution >= 0.6 is 0 Å². The molecule has 2 amide bonds. The van der Waals surface area contributed by atoms with Crippen molar-refractivity contribution in [3.8, 4) is 0 Å². The van der Waals surface area contributed by atoms with E-state index >= 15 is 0 Å². The molecule has 1 aromatic carbocycles. The molecule has 28 heavy (non-hydrogen) atoms. The number of nitrogens with one attached hydrogen (secondary N) is 2. The first-order chi connectivity index (χ1) is 13.4. The maximum atomic E-state index is 12.5. The Kier molecular flexibility index (Phi) is 6.08. The van der Waals surface area contributed by atoms with Crippen molar-refractivity contribution in [1.29, 1.82) is 0 Å². The molecule has 8 nitrogen and oxygen atoms in total. The van der Waals surface area contributed by atoms with Crippen LogP contribution in [-0.4, -0.2) is 32.7 Å². The van der Waals surface area contributed by atoms with Gasteiger partial charge in [0.05, 0.1) is 5.92 Å². The summed E-state index contributed by atoms with van der Waals surface area (Å²) in [7, 11) is 0. The topological polar surface area (TPSA) is 113 Å². The van der Waals surface area contributed by atoms with E-state index in [-0.39, 0.29) is 23.7 Å². The number of aromatic nitrogens is 2. The van der Waals surface area contributed by atoms with Gasteiger partial charge in [-0.1, -0.05) is 6.07 Å². The van der Waals surface area contributed by atoms with Gasteiger partial charge in [0.2, 0.25) is 11.8 Å². The summed E-state index contributed by atoms with van der Waals surface area (Å²) >= 11 is 0.